The Kier molecular flexibility index (Phi) is 20.7. The monoisotopic (exact) mass is 919 g/mol. The Morgan fingerprint density at radius 2 is 1.35 bits per heavy atom. The Morgan fingerprint density at radius 1 is 0.843 bits per heavy atom. The molecule has 51 heavy (non-hydrogen) atoms. The zero-order chi connectivity index (χ0) is 35.4. The number of benzene rings is 2. The number of para-hydroxylation sites is 1. The molecule has 5 atom stereocenters. The second-order valence-electron chi connectivity index (χ2n) is 14.6. The summed E-state index contributed by atoms with van der Waals surface area (Å²) in [6, 6.07) is 14.0. The van der Waals surface area contributed by atoms with E-state index in [1.54, 1.807) is 6.21 Å². The first-order valence-corrected chi connectivity index (χ1v) is 29.8. The summed E-state index contributed by atoms with van der Waals surface area (Å²) in [7, 11) is 19.7. The molecule has 4 aliphatic rings. The fourth-order valence-corrected chi connectivity index (χ4v) is 8.68. The first-order chi connectivity index (χ1) is 23.6. The SMILES string of the molecule is CC(C)(C)c1cccc(C=Nc2ccc(C#CCCC(C)(C3CCCC3)C3C4C=CC=CC4C4C=CC=CC43)cc2)c1O.[CH3-].[CH3-].[Cl][Zr+2][Cl].[Cl][Zr][Cl]. The number of nitrogens with zero attached hydrogens (tertiary/aromatic N) is 1. The number of hydrogen-bond acceptors (Lipinski definition) is 2. The van der Waals surface area contributed by atoms with Crippen molar-refractivity contribution in [3.8, 4) is 17.6 Å². The molecule has 5 unspecified atom stereocenters. The van der Waals surface area contributed by atoms with Crippen molar-refractivity contribution in [1.82, 2.24) is 0 Å². The average molecular weight is 924 g/mol. The van der Waals surface area contributed by atoms with Gasteiger partial charge in [-0.2, -0.15) is 0 Å². The number of fused-ring (bicyclic) bond motifs is 3. The summed E-state index contributed by atoms with van der Waals surface area (Å²) < 4.78 is 0. The van der Waals surface area contributed by atoms with E-state index in [-0.39, 0.29) is 25.7 Å². The van der Waals surface area contributed by atoms with Gasteiger partial charge in [-0.15, -0.1) is 0 Å². The first-order valence-electron chi connectivity index (χ1n) is 17.2. The molecule has 2 nitrogen and oxygen atoms in total. The second-order valence-corrected chi connectivity index (χ2v) is 22.1. The molecule has 0 radical (unpaired) electrons. The first kappa shape index (κ1) is 46.5. The van der Waals surface area contributed by atoms with Crippen molar-refractivity contribution >= 4 is 46.0 Å². The van der Waals surface area contributed by atoms with Crippen molar-refractivity contribution in [2.24, 2.45) is 45.9 Å². The molecule has 2 aromatic carbocycles. The van der Waals surface area contributed by atoms with Crippen LogP contribution in [-0.4, -0.2) is 11.3 Å². The Hall–Kier alpha value is -0.644. The van der Waals surface area contributed by atoms with Crippen LogP contribution in [0.1, 0.15) is 82.9 Å². The molecule has 272 valence electrons. The van der Waals surface area contributed by atoms with Crippen molar-refractivity contribution in [3.05, 3.63) is 123 Å². The summed E-state index contributed by atoms with van der Waals surface area (Å²) in [5, 5.41) is 10.8. The van der Waals surface area contributed by atoms with Gasteiger partial charge in [0.25, 0.3) is 0 Å². The van der Waals surface area contributed by atoms with Crippen LogP contribution in [0.3, 0.4) is 0 Å². The van der Waals surface area contributed by atoms with Gasteiger partial charge >= 0.3 is 75.7 Å². The van der Waals surface area contributed by atoms with E-state index in [2.05, 4.69) is 105 Å². The topological polar surface area (TPSA) is 32.6 Å². The van der Waals surface area contributed by atoms with Crippen LogP contribution >= 0.6 is 34.1 Å². The molecular weight excluding hydrogens is 871 g/mol. The molecule has 0 heterocycles. The van der Waals surface area contributed by atoms with E-state index in [0.717, 1.165) is 41.1 Å². The van der Waals surface area contributed by atoms with Crippen molar-refractivity contribution in [1.29, 1.82) is 0 Å². The number of allylic oxidation sites excluding steroid dienone is 8. The van der Waals surface area contributed by atoms with E-state index < -0.39 is 41.7 Å². The van der Waals surface area contributed by atoms with Gasteiger partial charge in [0.15, 0.2) is 0 Å². The molecule has 8 heteroatoms. The molecule has 0 aromatic heterocycles. The second kappa shape index (κ2) is 22.7. The summed E-state index contributed by atoms with van der Waals surface area (Å²) in [6.07, 6.45) is 28.5. The number of rotatable bonds is 6. The van der Waals surface area contributed by atoms with Crippen LogP contribution in [0.15, 0.2) is 96.1 Å². The molecule has 0 bridgehead atoms. The minimum absolute atomic E-state index is 0. The van der Waals surface area contributed by atoms with E-state index in [4.69, 9.17) is 34.1 Å². The summed E-state index contributed by atoms with van der Waals surface area (Å²) in [4.78, 5) is 4.63. The summed E-state index contributed by atoms with van der Waals surface area (Å²) in [5.41, 5.74) is 3.71. The van der Waals surface area contributed by atoms with Crippen molar-refractivity contribution in [2.45, 2.75) is 71.6 Å². The third kappa shape index (κ3) is 12.2. The fourth-order valence-electron chi connectivity index (χ4n) is 8.68. The fraction of sp³-hybridized carbons (Fsp3) is 0.419. The van der Waals surface area contributed by atoms with Gasteiger partial charge in [0.1, 0.15) is 5.75 Å². The molecule has 4 aliphatic carbocycles. The zero-order valence-corrected chi connectivity index (χ0v) is 38.8. The average Bonchev–Trinajstić information content (AvgIpc) is 3.75. The van der Waals surface area contributed by atoms with Gasteiger partial charge in [-0.1, -0.05) is 113 Å². The van der Waals surface area contributed by atoms with Crippen LogP contribution in [0.5, 0.6) is 5.75 Å². The normalized spacial score (nSPS) is 23.7. The van der Waals surface area contributed by atoms with Gasteiger partial charge in [0.2, 0.25) is 0 Å². The number of phenolic OH excluding ortho intramolecular Hbond substituents is 1. The molecule has 2 fully saturated rings. The molecular formula is C43H53Cl4NOZr2. The van der Waals surface area contributed by atoms with Crippen LogP contribution in [0.4, 0.5) is 5.69 Å². The predicted molar refractivity (Wildman–Crippen MR) is 217 cm³/mol. The summed E-state index contributed by atoms with van der Waals surface area (Å²) in [6.45, 7) is 8.94. The molecule has 0 aliphatic heterocycles. The minimum atomic E-state index is -0.826. The maximum atomic E-state index is 10.8. The van der Waals surface area contributed by atoms with E-state index in [0.29, 0.717) is 35.3 Å². The van der Waals surface area contributed by atoms with Crippen molar-refractivity contribution in [2.75, 3.05) is 0 Å². The molecule has 0 saturated heterocycles. The van der Waals surface area contributed by atoms with Crippen molar-refractivity contribution in [3.63, 3.8) is 0 Å². The van der Waals surface area contributed by atoms with Gasteiger partial charge < -0.3 is 20.0 Å². The van der Waals surface area contributed by atoms with E-state index in [1.807, 2.05) is 30.3 Å². The molecule has 6 rings (SSSR count). The molecule has 1 N–H and O–H groups in total. The summed E-state index contributed by atoms with van der Waals surface area (Å²) >= 11 is -1.65. The Labute approximate surface area is 347 Å². The predicted octanol–water partition coefficient (Wildman–Crippen LogP) is 13.8. The number of halogens is 4. The number of phenols is 1. The van der Waals surface area contributed by atoms with E-state index in [1.165, 1.54) is 25.7 Å². The number of hydrogen-bond donors (Lipinski definition) is 1. The third-order valence-corrected chi connectivity index (χ3v) is 10.9. The van der Waals surface area contributed by atoms with Gasteiger partial charge in [-0.05, 0) is 101 Å². The zero-order valence-electron chi connectivity index (χ0n) is 30.9. The molecule has 2 aromatic rings. The number of aliphatic imine (C=N–C) groups is 1. The quantitative estimate of drug-likeness (QED) is 0.175. The van der Waals surface area contributed by atoms with Gasteiger partial charge in [-0.3, -0.25) is 4.99 Å². The molecule has 2 saturated carbocycles. The Bertz CT molecular complexity index is 1540. The standard InChI is InChI=1S/C41H47NO.2CH3.4ClH.2Zr/c1-40(2,3)37-22-13-15-30(39(37)43)28-42-32-25-23-29(24-26-32)14-11-12-27-41(4,31-16-5-6-17-31)38-35-20-9-7-18-33(35)34-19-8-10-21-36(34)38;;;;;;;;/h7-10,13,15,18-26,28,31,33-36,38,43H,5-6,12,16-17,27H2,1-4H3;2*1H3;4*1H;;/q;2*-1;;;;;+2;+4/p-4. The Balaban J connectivity index is 0.00000105. The van der Waals surface area contributed by atoms with E-state index in [9.17, 15) is 5.11 Å². The van der Waals surface area contributed by atoms with E-state index >= 15 is 0 Å². The van der Waals surface area contributed by atoms with Gasteiger partial charge in [0, 0.05) is 23.8 Å². The van der Waals surface area contributed by atoms with Gasteiger partial charge in [-0.25, -0.2) is 0 Å². The molecule has 0 amide bonds. The molecule has 0 spiro atoms. The van der Waals surface area contributed by atoms with Crippen LogP contribution in [0.2, 0.25) is 0 Å². The Morgan fingerprint density at radius 3 is 1.86 bits per heavy atom. The van der Waals surface area contributed by atoms with Crippen LogP contribution < -0.4 is 0 Å². The van der Waals surface area contributed by atoms with Gasteiger partial charge in [0.05, 0.1) is 5.69 Å². The number of aromatic hydroxyl groups is 1. The maximum absolute atomic E-state index is 10.8. The van der Waals surface area contributed by atoms with Crippen LogP contribution in [0.25, 0.3) is 0 Å². The third-order valence-electron chi connectivity index (χ3n) is 10.9. The van der Waals surface area contributed by atoms with Crippen LogP contribution in [0, 0.1) is 67.6 Å². The van der Waals surface area contributed by atoms with Crippen molar-refractivity contribution < 1.29 is 46.8 Å². The van der Waals surface area contributed by atoms with Crippen LogP contribution in [-0.2, 0) is 47.1 Å². The summed E-state index contributed by atoms with van der Waals surface area (Å²) in [5.74, 6) is 11.3.